The molecule has 1 saturated carbocycles. The second-order valence-electron chi connectivity index (χ2n) is 6.89. The smallest absolute Gasteiger partial charge is 0.330 e. The number of thioether (sulfide) groups is 1. The van der Waals surface area contributed by atoms with E-state index in [1.54, 1.807) is 0 Å². The van der Waals surface area contributed by atoms with Crippen molar-refractivity contribution in [2.75, 3.05) is 6.54 Å². The number of hydrogen-bond acceptors (Lipinski definition) is 9. The molecule has 0 radical (unpaired) electrons. The van der Waals surface area contributed by atoms with Crippen LogP contribution in [-0.4, -0.2) is 62.1 Å². The number of thiocarbonyl (C=S) groups is 1. The molecule has 2 heterocycles. The van der Waals surface area contributed by atoms with Gasteiger partial charge in [-0.3, -0.25) is 23.8 Å². The SMILES string of the molecule is O=C1C(S(=O)(=O)O)SC(=S)N1C[C@H]1CC[C@H](C(=O)ON2C(=O)CCC2=O)CC1. The highest BCUT2D eigenvalue weighted by molar-refractivity contribution is 8.29. The number of rotatable bonds is 5. The minimum atomic E-state index is -4.54. The van der Waals surface area contributed by atoms with Gasteiger partial charge in [0.25, 0.3) is 27.8 Å². The molecule has 1 N–H and O–H groups in total. The van der Waals surface area contributed by atoms with E-state index in [2.05, 4.69) is 0 Å². The zero-order valence-electron chi connectivity index (χ0n) is 14.6. The summed E-state index contributed by atoms with van der Waals surface area (Å²) in [7, 11) is -4.54. The van der Waals surface area contributed by atoms with Gasteiger partial charge in [0, 0.05) is 19.4 Å². The fourth-order valence-corrected chi connectivity index (χ4v) is 5.92. The van der Waals surface area contributed by atoms with Crippen LogP contribution in [0.4, 0.5) is 0 Å². The predicted octanol–water partition coefficient (Wildman–Crippen LogP) is 0.474. The van der Waals surface area contributed by atoms with Crippen molar-refractivity contribution in [2.24, 2.45) is 11.8 Å². The first-order chi connectivity index (χ1) is 13.1. The summed E-state index contributed by atoms with van der Waals surface area (Å²) in [6.07, 6.45) is 2.09. The summed E-state index contributed by atoms with van der Waals surface area (Å²) in [5.41, 5.74) is 0. The average Bonchev–Trinajstić information content (AvgIpc) is 3.09. The molecule has 1 aliphatic carbocycles. The third kappa shape index (κ3) is 4.36. The van der Waals surface area contributed by atoms with Gasteiger partial charge >= 0.3 is 5.97 Å². The van der Waals surface area contributed by atoms with Crippen molar-refractivity contribution >= 4 is 62.1 Å². The van der Waals surface area contributed by atoms with E-state index < -0.39 is 44.3 Å². The molecule has 3 rings (SSSR count). The molecule has 0 aromatic carbocycles. The summed E-state index contributed by atoms with van der Waals surface area (Å²) in [6, 6.07) is 0. The third-order valence-electron chi connectivity index (χ3n) is 4.97. The molecule has 3 fully saturated rings. The maximum atomic E-state index is 12.2. The van der Waals surface area contributed by atoms with Crippen LogP contribution in [0.25, 0.3) is 0 Å². The Morgan fingerprint density at radius 1 is 1.14 bits per heavy atom. The van der Waals surface area contributed by atoms with Crippen LogP contribution in [0.2, 0.25) is 0 Å². The van der Waals surface area contributed by atoms with E-state index in [4.69, 9.17) is 21.6 Å². The summed E-state index contributed by atoms with van der Waals surface area (Å²) in [4.78, 5) is 53.6. The number of amides is 3. The highest BCUT2D eigenvalue weighted by atomic mass is 32.3. The number of nitrogens with zero attached hydrogens (tertiary/aromatic N) is 2. The molecule has 28 heavy (non-hydrogen) atoms. The number of carbonyl (C=O) groups excluding carboxylic acids is 4. The van der Waals surface area contributed by atoms with Gasteiger partial charge in [-0.15, -0.1) is 5.06 Å². The largest absolute Gasteiger partial charge is 0.336 e. The Hall–Kier alpha value is -1.57. The zero-order chi connectivity index (χ0) is 20.6. The van der Waals surface area contributed by atoms with E-state index in [1.165, 1.54) is 4.90 Å². The Bertz CT molecular complexity index is 818. The molecule has 3 aliphatic rings. The number of hydroxylamine groups is 2. The van der Waals surface area contributed by atoms with E-state index >= 15 is 0 Å². The van der Waals surface area contributed by atoms with Crippen molar-refractivity contribution in [1.29, 1.82) is 0 Å². The molecule has 10 nitrogen and oxygen atoms in total. The second kappa shape index (κ2) is 8.05. The van der Waals surface area contributed by atoms with Gasteiger partial charge in [0.1, 0.15) is 4.32 Å². The first-order valence-electron chi connectivity index (χ1n) is 8.64. The molecular formula is C15H18N2O8S3. The molecule has 0 aromatic heterocycles. The highest BCUT2D eigenvalue weighted by Gasteiger charge is 2.45. The Balaban J connectivity index is 1.51. The molecular weight excluding hydrogens is 432 g/mol. The number of imide groups is 1. The van der Waals surface area contributed by atoms with Crippen molar-refractivity contribution in [3.05, 3.63) is 0 Å². The fraction of sp³-hybridized carbons (Fsp3) is 0.667. The van der Waals surface area contributed by atoms with Crippen LogP contribution in [-0.2, 0) is 34.1 Å². The second-order valence-corrected chi connectivity index (χ2v) is 10.4. The van der Waals surface area contributed by atoms with Gasteiger partial charge in [0.15, 0.2) is 0 Å². The van der Waals surface area contributed by atoms with Gasteiger partial charge in [-0.1, -0.05) is 24.0 Å². The van der Waals surface area contributed by atoms with E-state index in [0.29, 0.717) is 42.5 Å². The number of carbonyl (C=O) groups is 4. The van der Waals surface area contributed by atoms with Crippen LogP contribution in [0.5, 0.6) is 0 Å². The lowest BCUT2D eigenvalue weighted by Crippen LogP contribution is -2.39. The molecule has 13 heteroatoms. The van der Waals surface area contributed by atoms with E-state index in [0.717, 1.165) is 0 Å². The highest BCUT2D eigenvalue weighted by Crippen LogP contribution is 2.35. The van der Waals surface area contributed by atoms with Crippen LogP contribution in [0.15, 0.2) is 0 Å². The van der Waals surface area contributed by atoms with Crippen LogP contribution < -0.4 is 0 Å². The van der Waals surface area contributed by atoms with E-state index in [-0.39, 0.29) is 29.6 Å². The van der Waals surface area contributed by atoms with Crippen LogP contribution in [0, 0.1) is 11.8 Å². The lowest BCUT2D eigenvalue weighted by Gasteiger charge is -2.30. The molecule has 0 spiro atoms. The molecule has 1 atom stereocenters. The van der Waals surface area contributed by atoms with E-state index in [1.807, 2.05) is 0 Å². The van der Waals surface area contributed by atoms with Gasteiger partial charge < -0.3 is 4.84 Å². The van der Waals surface area contributed by atoms with Crippen molar-refractivity contribution in [3.63, 3.8) is 0 Å². The summed E-state index contributed by atoms with van der Waals surface area (Å²) < 4.78 is 30.1. The summed E-state index contributed by atoms with van der Waals surface area (Å²) in [5.74, 6) is -2.90. The van der Waals surface area contributed by atoms with Gasteiger partial charge in [0.05, 0.1) is 5.92 Å². The molecule has 2 saturated heterocycles. The Kier molecular flexibility index (Phi) is 6.08. The topological polar surface area (TPSA) is 138 Å². The molecule has 1 unspecified atom stereocenters. The fourth-order valence-electron chi connectivity index (χ4n) is 3.44. The van der Waals surface area contributed by atoms with Gasteiger partial charge in [0.2, 0.25) is 4.58 Å². The van der Waals surface area contributed by atoms with Crippen molar-refractivity contribution < 1.29 is 37.0 Å². The summed E-state index contributed by atoms with van der Waals surface area (Å²) in [6.45, 7) is 0.210. The van der Waals surface area contributed by atoms with Gasteiger partial charge in [-0.25, -0.2) is 4.79 Å². The molecule has 0 aromatic rings. The standard InChI is InChI=1S/C15H18N2O8S3/c18-10-5-6-11(19)17(10)25-13(21)9-3-1-8(2-4-9)7-16-12(20)14(27-15(16)26)28(22,23)24/h8-9,14H,1-7H2,(H,22,23,24)/t8-,9-,14?. The van der Waals surface area contributed by atoms with Crippen molar-refractivity contribution in [3.8, 4) is 0 Å². The zero-order valence-corrected chi connectivity index (χ0v) is 17.1. The van der Waals surface area contributed by atoms with Crippen molar-refractivity contribution in [1.82, 2.24) is 9.96 Å². The maximum Gasteiger partial charge on any atom is 0.336 e. The first kappa shape index (κ1) is 21.1. The van der Waals surface area contributed by atoms with Gasteiger partial charge in [-0.05, 0) is 31.6 Å². The molecule has 2 aliphatic heterocycles. The maximum absolute atomic E-state index is 12.2. The van der Waals surface area contributed by atoms with Gasteiger partial charge in [-0.2, -0.15) is 8.42 Å². The molecule has 154 valence electrons. The van der Waals surface area contributed by atoms with Crippen LogP contribution in [0.1, 0.15) is 38.5 Å². The summed E-state index contributed by atoms with van der Waals surface area (Å²) in [5, 5.41) is 0.530. The summed E-state index contributed by atoms with van der Waals surface area (Å²) >= 11 is 5.68. The third-order valence-corrected chi connectivity index (χ3v) is 8.08. The van der Waals surface area contributed by atoms with E-state index in [9.17, 15) is 27.6 Å². The number of hydrogen-bond donors (Lipinski definition) is 1. The Labute approximate surface area is 170 Å². The van der Waals surface area contributed by atoms with Crippen LogP contribution in [0.3, 0.4) is 0 Å². The minimum absolute atomic E-state index is 0.00162. The molecule has 0 bridgehead atoms. The quantitative estimate of drug-likeness (QED) is 0.357. The minimum Gasteiger partial charge on any atom is -0.330 e. The Morgan fingerprint density at radius 3 is 2.21 bits per heavy atom. The Morgan fingerprint density at radius 2 is 1.71 bits per heavy atom. The average molecular weight is 451 g/mol. The first-order valence-corrected chi connectivity index (χ1v) is 11.4. The normalized spacial score (nSPS) is 29.0. The lowest BCUT2D eigenvalue weighted by molar-refractivity contribution is -0.201. The lowest BCUT2D eigenvalue weighted by atomic mass is 9.82. The monoisotopic (exact) mass is 450 g/mol. The predicted molar refractivity (Wildman–Crippen MR) is 99.9 cm³/mol. The van der Waals surface area contributed by atoms with Crippen LogP contribution >= 0.6 is 24.0 Å². The molecule has 3 amide bonds. The van der Waals surface area contributed by atoms with Crippen molar-refractivity contribution in [2.45, 2.75) is 43.1 Å².